The lowest BCUT2D eigenvalue weighted by Crippen LogP contribution is -2.29. The molecule has 0 radical (unpaired) electrons. The third kappa shape index (κ3) is 3.02. The molecule has 26 heavy (non-hydrogen) atoms. The van der Waals surface area contributed by atoms with E-state index in [1.807, 2.05) is 37.9 Å². The molecule has 136 valence electrons. The molecular weight excluding hydrogens is 332 g/mol. The average Bonchev–Trinajstić information content (AvgIpc) is 3.18. The lowest BCUT2D eigenvalue weighted by molar-refractivity contribution is -0.0386. The summed E-state index contributed by atoms with van der Waals surface area (Å²) in [5, 5.41) is 15.6. The number of aromatic nitrogens is 5. The molecule has 0 unspecified atom stereocenters. The molecule has 8 nitrogen and oxygen atoms in total. The minimum absolute atomic E-state index is 0.0596. The number of fused-ring (bicyclic) bond motifs is 1. The Kier molecular flexibility index (Phi) is 4.29. The molecule has 1 aliphatic heterocycles. The summed E-state index contributed by atoms with van der Waals surface area (Å²) in [5.41, 5.74) is 1.59. The molecule has 4 heterocycles. The maximum atomic E-state index is 10.4. The van der Waals surface area contributed by atoms with E-state index in [0.717, 1.165) is 22.4 Å². The van der Waals surface area contributed by atoms with E-state index in [1.165, 1.54) is 0 Å². The number of aliphatic hydroxyl groups excluding tert-OH is 1. The van der Waals surface area contributed by atoms with Crippen LogP contribution in [0.3, 0.4) is 0 Å². The second kappa shape index (κ2) is 6.62. The van der Waals surface area contributed by atoms with E-state index in [0.29, 0.717) is 18.9 Å². The van der Waals surface area contributed by atoms with E-state index in [2.05, 4.69) is 15.1 Å². The van der Waals surface area contributed by atoms with Crippen LogP contribution in [0.5, 0.6) is 0 Å². The highest BCUT2D eigenvalue weighted by atomic mass is 16.5. The molecule has 1 N–H and O–H groups in total. The van der Waals surface area contributed by atoms with Gasteiger partial charge in [-0.1, -0.05) is 0 Å². The van der Waals surface area contributed by atoms with Crippen molar-refractivity contribution in [3.8, 4) is 11.4 Å². The van der Waals surface area contributed by atoms with Gasteiger partial charge in [0.2, 0.25) is 0 Å². The van der Waals surface area contributed by atoms with Crippen molar-refractivity contribution < 1.29 is 9.84 Å². The minimum atomic E-state index is -0.555. The van der Waals surface area contributed by atoms with Gasteiger partial charge in [0.15, 0.2) is 11.5 Å². The van der Waals surface area contributed by atoms with Crippen LogP contribution < -0.4 is 4.90 Å². The zero-order chi connectivity index (χ0) is 18.3. The number of hydrogen-bond acceptors (Lipinski definition) is 7. The number of aliphatic hydroxyl groups is 1. The zero-order valence-electron chi connectivity index (χ0n) is 15.1. The largest absolute Gasteiger partial charge is 0.388 e. The summed E-state index contributed by atoms with van der Waals surface area (Å²) in [6.45, 7) is 4.98. The van der Waals surface area contributed by atoms with Gasteiger partial charge in [0.05, 0.1) is 23.8 Å². The number of anilines is 1. The first-order chi connectivity index (χ1) is 12.5. The molecule has 0 spiro atoms. The number of β-amino-alcohol motifs (C(OH)–C–C–N with tert-alkyl or cyclic N) is 1. The third-order valence-electron chi connectivity index (χ3n) is 4.48. The molecule has 0 amide bonds. The van der Waals surface area contributed by atoms with Gasteiger partial charge < -0.3 is 14.7 Å². The quantitative estimate of drug-likeness (QED) is 0.757. The van der Waals surface area contributed by atoms with Gasteiger partial charge in [-0.05, 0) is 26.0 Å². The van der Waals surface area contributed by atoms with E-state index in [-0.39, 0.29) is 12.2 Å². The standard InChI is InChI=1S/C18H22N6O2/c1-11(2)26-15-10-24(9-14(15)25)18-13-8-20-23(3)17(13)21-16(22-18)12-5-4-6-19-7-12/h4-8,11,14-15,25H,9-10H2,1-3H3/t14-,15-/m0/s1. The van der Waals surface area contributed by atoms with Gasteiger partial charge in [0.25, 0.3) is 0 Å². The number of ether oxygens (including phenoxy) is 1. The molecule has 0 aromatic carbocycles. The van der Waals surface area contributed by atoms with E-state index >= 15 is 0 Å². The first kappa shape index (κ1) is 16.9. The van der Waals surface area contributed by atoms with Crippen molar-refractivity contribution in [2.75, 3.05) is 18.0 Å². The highest BCUT2D eigenvalue weighted by Crippen LogP contribution is 2.30. The predicted octanol–water partition coefficient (Wildman–Crippen LogP) is 1.40. The summed E-state index contributed by atoms with van der Waals surface area (Å²) < 4.78 is 7.57. The van der Waals surface area contributed by atoms with Gasteiger partial charge in [0, 0.05) is 38.1 Å². The molecule has 0 bridgehead atoms. The predicted molar refractivity (Wildman–Crippen MR) is 97.8 cm³/mol. The average molecular weight is 354 g/mol. The second-order valence-corrected chi connectivity index (χ2v) is 6.81. The Hall–Kier alpha value is -2.58. The summed E-state index contributed by atoms with van der Waals surface area (Å²) in [6, 6.07) is 3.79. The topological polar surface area (TPSA) is 89.2 Å². The smallest absolute Gasteiger partial charge is 0.165 e. The van der Waals surface area contributed by atoms with Crippen molar-refractivity contribution in [3.63, 3.8) is 0 Å². The SMILES string of the molecule is CC(C)O[C@H]1CN(c2nc(-c3cccnc3)nc3c2cnn3C)C[C@@H]1O. The number of rotatable bonds is 4. The van der Waals surface area contributed by atoms with Gasteiger partial charge in [0.1, 0.15) is 11.9 Å². The lowest BCUT2D eigenvalue weighted by Gasteiger charge is -2.19. The first-order valence-electron chi connectivity index (χ1n) is 8.71. The Morgan fingerprint density at radius 1 is 1.23 bits per heavy atom. The van der Waals surface area contributed by atoms with Crippen LogP contribution in [0, 0.1) is 0 Å². The highest BCUT2D eigenvalue weighted by molar-refractivity contribution is 5.88. The van der Waals surface area contributed by atoms with Crippen LogP contribution in [0.25, 0.3) is 22.4 Å². The van der Waals surface area contributed by atoms with Crippen LogP contribution in [0.15, 0.2) is 30.7 Å². The highest BCUT2D eigenvalue weighted by Gasteiger charge is 2.34. The van der Waals surface area contributed by atoms with Crippen molar-refractivity contribution in [2.24, 2.45) is 7.05 Å². The minimum Gasteiger partial charge on any atom is -0.388 e. The van der Waals surface area contributed by atoms with Crippen LogP contribution in [0.4, 0.5) is 5.82 Å². The molecule has 1 saturated heterocycles. The summed E-state index contributed by atoms with van der Waals surface area (Å²) in [6.07, 6.45) is 4.49. The third-order valence-corrected chi connectivity index (χ3v) is 4.48. The molecule has 3 aromatic rings. The van der Waals surface area contributed by atoms with Crippen LogP contribution >= 0.6 is 0 Å². The summed E-state index contributed by atoms with van der Waals surface area (Å²) in [5.74, 6) is 1.35. The molecule has 0 aliphatic carbocycles. The van der Waals surface area contributed by atoms with Gasteiger partial charge in [-0.15, -0.1) is 0 Å². The van der Waals surface area contributed by atoms with E-state index < -0.39 is 6.10 Å². The molecule has 0 saturated carbocycles. The van der Waals surface area contributed by atoms with Crippen LogP contribution in [0.2, 0.25) is 0 Å². The van der Waals surface area contributed by atoms with Gasteiger partial charge >= 0.3 is 0 Å². The number of hydrogen-bond donors (Lipinski definition) is 1. The van der Waals surface area contributed by atoms with Crippen molar-refractivity contribution in [1.29, 1.82) is 0 Å². The van der Waals surface area contributed by atoms with E-state index in [9.17, 15) is 5.11 Å². The fourth-order valence-electron chi connectivity index (χ4n) is 3.29. The van der Waals surface area contributed by atoms with Crippen molar-refractivity contribution in [1.82, 2.24) is 24.7 Å². The van der Waals surface area contributed by atoms with Gasteiger partial charge in [-0.3, -0.25) is 9.67 Å². The van der Waals surface area contributed by atoms with E-state index in [1.54, 1.807) is 23.3 Å². The Labute approximate surface area is 151 Å². The number of pyridine rings is 1. The molecule has 2 atom stereocenters. The maximum Gasteiger partial charge on any atom is 0.165 e. The van der Waals surface area contributed by atoms with Crippen LogP contribution in [-0.2, 0) is 11.8 Å². The lowest BCUT2D eigenvalue weighted by atomic mass is 10.2. The normalized spacial score (nSPS) is 20.4. The zero-order valence-corrected chi connectivity index (χ0v) is 15.1. The number of aryl methyl sites for hydroxylation is 1. The number of nitrogens with zero attached hydrogens (tertiary/aromatic N) is 6. The Morgan fingerprint density at radius 2 is 2.08 bits per heavy atom. The van der Waals surface area contributed by atoms with Gasteiger partial charge in [-0.25, -0.2) is 9.97 Å². The molecule has 4 rings (SSSR count). The Morgan fingerprint density at radius 3 is 2.81 bits per heavy atom. The molecule has 8 heteroatoms. The van der Waals surface area contributed by atoms with E-state index in [4.69, 9.17) is 9.72 Å². The van der Waals surface area contributed by atoms with Crippen molar-refractivity contribution in [3.05, 3.63) is 30.7 Å². The molecular formula is C18H22N6O2. The first-order valence-corrected chi connectivity index (χ1v) is 8.71. The van der Waals surface area contributed by atoms with Gasteiger partial charge in [-0.2, -0.15) is 5.10 Å². The molecule has 1 aliphatic rings. The van der Waals surface area contributed by atoms with Crippen molar-refractivity contribution >= 4 is 16.9 Å². The summed E-state index contributed by atoms with van der Waals surface area (Å²) >= 11 is 0. The fourth-order valence-corrected chi connectivity index (χ4v) is 3.29. The van der Waals surface area contributed by atoms with Crippen LogP contribution in [0.1, 0.15) is 13.8 Å². The Balaban J connectivity index is 1.77. The summed E-state index contributed by atoms with van der Waals surface area (Å²) in [4.78, 5) is 15.6. The Bertz CT molecular complexity index is 911. The monoisotopic (exact) mass is 354 g/mol. The maximum absolute atomic E-state index is 10.4. The fraction of sp³-hybridized carbons (Fsp3) is 0.444. The molecule has 3 aromatic heterocycles. The van der Waals surface area contributed by atoms with Crippen LogP contribution in [-0.4, -0.2) is 61.2 Å². The van der Waals surface area contributed by atoms with Crippen molar-refractivity contribution in [2.45, 2.75) is 32.2 Å². The summed E-state index contributed by atoms with van der Waals surface area (Å²) in [7, 11) is 1.86. The second-order valence-electron chi connectivity index (χ2n) is 6.81. The molecule has 1 fully saturated rings.